The van der Waals surface area contributed by atoms with Gasteiger partial charge in [0.05, 0.1) is 12.1 Å². The van der Waals surface area contributed by atoms with Crippen LogP contribution in [-0.4, -0.2) is 60.3 Å². The van der Waals surface area contributed by atoms with E-state index in [0.717, 1.165) is 0 Å². The number of carbonyl (C=O) groups excluding carboxylic acids is 2. The zero-order valence-electron chi connectivity index (χ0n) is 11.0. The molecule has 0 saturated carbocycles. The largest absolute Gasteiger partial charge is 0.391 e. The van der Waals surface area contributed by atoms with Gasteiger partial charge >= 0.3 is 0 Å². The third-order valence-corrected chi connectivity index (χ3v) is 3.04. The molecule has 0 aromatic rings. The molecule has 2 amide bonds. The molecule has 0 radical (unpaired) electrons. The van der Waals surface area contributed by atoms with Crippen LogP contribution >= 0.6 is 0 Å². The summed E-state index contributed by atoms with van der Waals surface area (Å²) in [6.45, 7) is 4.90. The number of aliphatic hydroxyl groups is 1. The van der Waals surface area contributed by atoms with Crippen molar-refractivity contribution in [1.29, 1.82) is 0 Å². The lowest BCUT2D eigenvalue weighted by Crippen LogP contribution is -2.42. The van der Waals surface area contributed by atoms with E-state index in [-0.39, 0.29) is 24.5 Å². The van der Waals surface area contributed by atoms with Gasteiger partial charge in [0.25, 0.3) is 0 Å². The maximum Gasteiger partial charge on any atom is 0.248 e. The van der Waals surface area contributed by atoms with Gasteiger partial charge in [-0.3, -0.25) is 9.59 Å². The van der Waals surface area contributed by atoms with Crippen LogP contribution in [-0.2, 0) is 14.3 Å². The lowest BCUT2D eigenvalue weighted by atomic mass is 10.1. The van der Waals surface area contributed by atoms with Gasteiger partial charge in [-0.05, 0) is 19.8 Å². The van der Waals surface area contributed by atoms with Crippen LogP contribution in [0.4, 0.5) is 0 Å². The average molecular weight is 258 g/mol. The molecule has 1 heterocycles. The van der Waals surface area contributed by atoms with Gasteiger partial charge in [-0.1, -0.05) is 0 Å². The summed E-state index contributed by atoms with van der Waals surface area (Å²) >= 11 is 0. The molecule has 18 heavy (non-hydrogen) atoms. The van der Waals surface area contributed by atoms with Crippen molar-refractivity contribution in [1.82, 2.24) is 10.2 Å². The van der Waals surface area contributed by atoms with Crippen LogP contribution in [0.5, 0.6) is 0 Å². The third kappa shape index (κ3) is 4.62. The van der Waals surface area contributed by atoms with Gasteiger partial charge in [0.2, 0.25) is 11.8 Å². The molecule has 104 valence electrons. The molecule has 2 atom stereocenters. The number of hydrogen-bond acceptors (Lipinski definition) is 4. The smallest absolute Gasteiger partial charge is 0.248 e. The summed E-state index contributed by atoms with van der Waals surface area (Å²) in [6, 6.07) is -0.271. The minimum atomic E-state index is -0.598. The van der Waals surface area contributed by atoms with Gasteiger partial charge in [0, 0.05) is 26.6 Å². The van der Waals surface area contributed by atoms with Crippen molar-refractivity contribution in [2.24, 2.45) is 0 Å². The number of nitrogens with zero attached hydrogens (tertiary/aromatic N) is 1. The number of nitrogens with one attached hydrogen (secondary N) is 1. The number of aliphatic hydroxyl groups excluding tert-OH is 1. The lowest BCUT2D eigenvalue weighted by molar-refractivity contribution is -0.136. The highest BCUT2D eigenvalue weighted by Crippen LogP contribution is 2.12. The van der Waals surface area contributed by atoms with Crippen molar-refractivity contribution in [3.63, 3.8) is 0 Å². The average Bonchev–Trinajstić information content (AvgIpc) is 2.49. The molecular formula is C12H22N2O4. The molecule has 0 bridgehead atoms. The Hall–Kier alpha value is -1.14. The van der Waals surface area contributed by atoms with Gasteiger partial charge in [-0.25, -0.2) is 0 Å². The predicted octanol–water partition coefficient (Wildman–Crippen LogP) is -0.489. The standard InChI is InChI=1S/C12H22N2O4/c1-3-18-8-12(17)14-6-4-10(13-9(2)15)11(16)5-7-14/h10-11,16H,3-8H2,1-2H3,(H,13,15)/t10-,11-/m0/s1. The second kappa shape index (κ2) is 7.33. The van der Waals surface area contributed by atoms with Crippen LogP contribution in [0.25, 0.3) is 0 Å². The first-order valence-electron chi connectivity index (χ1n) is 6.35. The van der Waals surface area contributed by atoms with E-state index < -0.39 is 6.10 Å². The van der Waals surface area contributed by atoms with E-state index in [9.17, 15) is 14.7 Å². The number of rotatable bonds is 4. The first-order valence-corrected chi connectivity index (χ1v) is 6.35. The maximum absolute atomic E-state index is 11.8. The normalized spacial score (nSPS) is 24.5. The molecule has 1 aliphatic heterocycles. The molecule has 1 saturated heterocycles. The molecule has 6 heteroatoms. The second-order valence-corrected chi connectivity index (χ2v) is 4.47. The monoisotopic (exact) mass is 258 g/mol. The zero-order chi connectivity index (χ0) is 13.5. The van der Waals surface area contributed by atoms with E-state index in [1.165, 1.54) is 6.92 Å². The summed E-state index contributed by atoms with van der Waals surface area (Å²) < 4.78 is 5.08. The van der Waals surface area contributed by atoms with Crippen LogP contribution in [0.1, 0.15) is 26.7 Å². The minimum absolute atomic E-state index is 0.0625. The molecule has 0 aliphatic carbocycles. The molecule has 6 nitrogen and oxygen atoms in total. The van der Waals surface area contributed by atoms with Gasteiger partial charge in [-0.15, -0.1) is 0 Å². The molecule has 0 aromatic heterocycles. The fourth-order valence-electron chi connectivity index (χ4n) is 2.05. The summed E-state index contributed by atoms with van der Waals surface area (Å²) in [7, 11) is 0. The van der Waals surface area contributed by atoms with E-state index in [4.69, 9.17) is 4.74 Å². The summed E-state index contributed by atoms with van der Waals surface area (Å²) in [6.07, 6.45) is 0.445. The number of hydrogen-bond donors (Lipinski definition) is 2. The number of carbonyl (C=O) groups is 2. The molecule has 1 rings (SSSR count). The molecular weight excluding hydrogens is 236 g/mol. The van der Waals surface area contributed by atoms with E-state index in [1.807, 2.05) is 6.92 Å². The Labute approximate surface area is 107 Å². The Kier molecular flexibility index (Phi) is 6.07. The zero-order valence-corrected chi connectivity index (χ0v) is 11.0. The van der Waals surface area contributed by atoms with Gasteiger partial charge in [-0.2, -0.15) is 0 Å². The van der Waals surface area contributed by atoms with E-state index in [0.29, 0.717) is 32.5 Å². The summed E-state index contributed by atoms with van der Waals surface area (Å²) in [5.41, 5.74) is 0. The number of likely N-dealkylation sites (tertiary alicyclic amines) is 1. The SMILES string of the molecule is CCOCC(=O)N1CC[C@H](NC(C)=O)[C@@H](O)CC1. The maximum atomic E-state index is 11.8. The highest BCUT2D eigenvalue weighted by Gasteiger charge is 2.27. The summed E-state index contributed by atoms with van der Waals surface area (Å²) in [5.74, 6) is -0.222. The van der Waals surface area contributed by atoms with Crippen molar-refractivity contribution in [2.75, 3.05) is 26.3 Å². The summed E-state index contributed by atoms with van der Waals surface area (Å²) in [5, 5.41) is 12.6. The van der Waals surface area contributed by atoms with Crippen molar-refractivity contribution >= 4 is 11.8 Å². The molecule has 0 spiro atoms. The van der Waals surface area contributed by atoms with Crippen molar-refractivity contribution in [3.8, 4) is 0 Å². The molecule has 1 fully saturated rings. The van der Waals surface area contributed by atoms with Gasteiger partial charge in [0.1, 0.15) is 6.61 Å². The Bertz CT molecular complexity index is 296. The molecule has 0 unspecified atom stereocenters. The van der Waals surface area contributed by atoms with E-state index >= 15 is 0 Å². The minimum Gasteiger partial charge on any atom is -0.391 e. The van der Waals surface area contributed by atoms with Crippen molar-refractivity contribution < 1.29 is 19.4 Å². The van der Waals surface area contributed by atoms with Crippen LogP contribution < -0.4 is 5.32 Å². The fourth-order valence-corrected chi connectivity index (χ4v) is 2.05. The van der Waals surface area contributed by atoms with E-state index in [1.54, 1.807) is 4.90 Å². The topological polar surface area (TPSA) is 78.9 Å². The Morgan fingerprint density at radius 1 is 1.39 bits per heavy atom. The van der Waals surface area contributed by atoms with Crippen LogP contribution in [0, 0.1) is 0 Å². The number of ether oxygens (including phenoxy) is 1. The Balaban J connectivity index is 2.48. The van der Waals surface area contributed by atoms with Crippen LogP contribution in [0.2, 0.25) is 0 Å². The molecule has 0 aromatic carbocycles. The summed E-state index contributed by atoms with van der Waals surface area (Å²) in [4.78, 5) is 24.5. The van der Waals surface area contributed by atoms with Crippen LogP contribution in [0.15, 0.2) is 0 Å². The van der Waals surface area contributed by atoms with Crippen LogP contribution in [0.3, 0.4) is 0 Å². The highest BCUT2D eigenvalue weighted by molar-refractivity contribution is 5.77. The van der Waals surface area contributed by atoms with E-state index in [2.05, 4.69) is 5.32 Å². The van der Waals surface area contributed by atoms with Crippen molar-refractivity contribution in [2.45, 2.75) is 38.8 Å². The first kappa shape index (κ1) is 14.9. The highest BCUT2D eigenvalue weighted by atomic mass is 16.5. The Morgan fingerprint density at radius 3 is 2.67 bits per heavy atom. The first-order chi connectivity index (χ1) is 8.54. The van der Waals surface area contributed by atoms with Gasteiger partial charge in [0.15, 0.2) is 0 Å². The number of amides is 2. The molecule has 1 aliphatic rings. The Morgan fingerprint density at radius 2 is 2.06 bits per heavy atom. The lowest BCUT2D eigenvalue weighted by Gasteiger charge is -2.20. The second-order valence-electron chi connectivity index (χ2n) is 4.47. The molecule has 2 N–H and O–H groups in total. The predicted molar refractivity (Wildman–Crippen MR) is 65.9 cm³/mol. The quantitative estimate of drug-likeness (QED) is 0.713. The fraction of sp³-hybridized carbons (Fsp3) is 0.833. The third-order valence-electron chi connectivity index (χ3n) is 3.04. The van der Waals surface area contributed by atoms with Crippen molar-refractivity contribution in [3.05, 3.63) is 0 Å². The van der Waals surface area contributed by atoms with Gasteiger partial charge < -0.3 is 20.1 Å².